The van der Waals surface area contributed by atoms with E-state index in [1.165, 1.54) is 6.20 Å². The second-order valence-electron chi connectivity index (χ2n) is 4.36. The number of carbonyl (C=O) groups is 1. The van der Waals surface area contributed by atoms with E-state index in [2.05, 4.69) is 4.98 Å². The monoisotopic (exact) mass is 283 g/mol. The van der Waals surface area contributed by atoms with Gasteiger partial charge in [-0.05, 0) is 30.7 Å². The van der Waals surface area contributed by atoms with Crippen LogP contribution in [0.5, 0.6) is 0 Å². The van der Waals surface area contributed by atoms with E-state index in [9.17, 15) is 4.79 Å². The summed E-state index contributed by atoms with van der Waals surface area (Å²) in [6.07, 6.45) is 6.88. The Morgan fingerprint density at radius 3 is 2.60 bits per heavy atom. The molecule has 0 fully saturated rings. The van der Waals surface area contributed by atoms with Crippen molar-refractivity contribution in [2.24, 2.45) is 0 Å². The predicted octanol–water partition coefficient (Wildman–Crippen LogP) is 4.58. The highest BCUT2D eigenvalue weighted by Crippen LogP contribution is 2.10. The number of hydrogen-bond acceptors (Lipinski definition) is 2. The van der Waals surface area contributed by atoms with Crippen molar-refractivity contribution in [3.63, 3.8) is 0 Å². The zero-order valence-corrected chi connectivity index (χ0v) is 11.8. The van der Waals surface area contributed by atoms with Crippen LogP contribution in [-0.2, 0) is 0 Å². The third-order valence-electron chi connectivity index (χ3n) is 2.70. The van der Waals surface area contributed by atoms with E-state index in [4.69, 9.17) is 11.6 Å². The van der Waals surface area contributed by atoms with Crippen LogP contribution in [0.1, 0.15) is 22.8 Å². The van der Waals surface area contributed by atoms with Crippen LogP contribution in [0.4, 0.5) is 0 Å². The Morgan fingerprint density at radius 2 is 1.90 bits per heavy atom. The van der Waals surface area contributed by atoms with Gasteiger partial charge >= 0.3 is 0 Å². The topological polar surface area (TPSA) is 30.0 Å². The highest BCUT2D eigenvalue weighted by Gasteiger charge is 2.02. The molecule has 0 radical (unpaired) electrons. The number of pyridine rings is 1. The van der Waals surface area contributed by atoms with Gasteiger partial charge in [0.15, 0.2) is 5.78 Å². The number of allylic oxidation sites excluding steroid dienone is 3. The Balaban J connectivity index is 2.09. The summed E-state index contributed by atoms with van der Waals surface area (Å²) in [5.74, 6) is -0.0879. The van der Waals surface area contributed by atoms with E-state index >= 15 is 0 Å². The maximum Gasteiger partial charge on any atom is 0.186 e. The molecular formula is C17H14ClNO. The first-order valence-electron chi connectivity index (χ1n) is 6.22. The number of benzene rings is 1. The minimum absolute atomic E-state index is 0.0879. The van der Waals surface area contributed by atoms with E-state index in [1.807, 2.05) is 43.3 Å². The van der Waals surface area contributed by atoms with Crippen LogP contribution in [-0.4, -0.2) is 10.8 Å². The molecule has 0 bridgehead atoms. The van der Waals surface area contributed by atoms with Gasteiger partial charge in [0.1, 0.15) is 5.15 Å². The molecular weight excluding hydrogens is 270 g/mol. The Morgan fingerprint density at radius 1 is 1.15 bits per heavy atom. The fraction of sp³-hybridized carbons (Fsp3) is 0.0588. The molecule has 0 amide bonds. The van der Waals surface area contributed by atoms with Crippen molar-refractivity contribution < 1.29 is 4.79 Å². The fourth-order valence-electron chi connectivity index (χ4n) is 1.72. The summed E-state index contributed by atoms with van der Waals surface area (Å²) in [6.45, 7) is 1.95. The molecule has 0 spiro atoms. The molecule has 0 unspecified atom stereocenters. The van der Waals surface area contributed by atoms with Gasteiger partial charge in [-0.25, -0.2) is 4.98 Å². The molecule has 20 heavy (non-hydrogen) atoms. The van der Waals surface area contributed by atoms with Crippen molar-refractivity contribution in [2.75, 3.05) is 0 Å². The average molecular weight is 284 g/mol. The van der Waals surface area contributed by atoms with Gasteiger partial charge in [0.05, 0.1) is 0 Å². The van der Waals surface area contributed by atoms with Crippen molar-refractivity contribution in [3.8, 4) is 0 Å². The van der Waals surface area contributed by atoms with Crippen LogP contribution in [0.2, 0.25) is 5.15 Å². The summed E-state index contributed by atoms with van der Waals surface area (Å²) < 4.78 is 0. The van der Waals surface area contributed by atoms with Gasteiger partial charge in [-0.2, -0.15) is 0 Å². The number of nitrogens with zero attached hydrogens (tertiary/aromatic N) is 1. The molecule has 2 nitrogen and oxygen atoms in total. The number of rotatable bonds is 4. The summed E-state index contributed by atoms with van der Waals surface area (Å²) in [5, 5.41) is 0.320. The molecule has 0 saturated carbocycles. The largest absolute Gasteiger partial charge is 0.289 e. The third-order valence-corrected chi connectivity index (χ3v) is 2.91. The quantitative estimate of drug-likeness (QED) is 0.356. The van der Waals surface area contributed by atoms with E-state index in [-0.39, 0.29) is 5.78 Å². The van der Waals surface area contributed by atoms with Crippen molar-refractivity contribution in [2.45, 2.75) is 6.92 Å². The number of carbonyl (C=O) groups excluding carboxylic acids is 1. The number of halogens is 1. The van der Waals surface area contributed by atoms with Crippen LogP contribution < -0.4 is 0 Å². The first-order chi connectivity index (χ1) is 9.65. The SMILES string of the molecule is CC(C=CC(=O)c1ccnc(Cl)c1)=Cc1ccccc1. The molecule has 0 aliphatic heterocycles. The van der Waals surface area contributed by atoms with Gasteiger partial charge in [0.2, 0.25) is 0 Å². The second kappa shape index (κ2) is 6.83. The lowest BCUT2D eigenvalue weighted by Crippen LogP contribution is -1.94. The molecule has 3 heteroatoms. The van der Waals surface area contributed by atoms with Crippen molar-refractivity contribution in [1.29, 1.82) is 0 Å². The van der Waals surface area contributed by atoms with Gasteiger partial charge in [-0.1, -0.05) is 59.7 Å². The minimum atomic E-state index is -0.0879. The smallest absolute Gasteiger partial charge is 0.186 e. The lowest BCUT2D eigenvalue weighted by atomic mass is 10.1. The van der Waals surface area contributed by atoms with Gasteiger partial charge in [0.25, 0.3) is 0 Å². The van der Waals surface area contributed by atoms with Crippen LogP contribution in [0.15, 0.2) is 66.4 Å². The first-order valence-corrected chi connectivity index (χ1v) is 6.60. The molecule has 2 rings (SSSR count). The normalized spacial score (nSPS) is 11.8. The maximum absolute atomic E-state index is 12.0. The Bertz CT molecular complexity index is 660. The zero-order valence-electron chi connectivity index (χ0n) is 11.1. The molecule has 0 saturated heterocycles. The summed E-state index contributed by atoms with van der Waals surface area (Å²) in [4.78, 5) is 15.8. The lowest BCUT2D eigenvalue weighted by Gasteiger charge is -1.97. The lowest BCUT2D eigenvalue weighted by molar-refractivity contribution is 0.104. The first kappa shape index (κ1) is 14.2. The van der Waals surface area contributed by atoms with E-state index in [0.29, 0.717) is 10.7 Å². The summed E-state index contributed by atoms with van der Waals surface area (Å²) in [6, 6.07) is 13.2. The Labute approximate surface area is 123 Å². The number of ketones is 1. The number of aromatic nitrogens is 1. The zero-order chi connectivity index (χ0) is 14.4. The molecule has 0 aliphatic rings. The molecule has 1 aromatic carbocycles. The summed E-state index contributed by atoms with van der Waals surface area (Å²) in [7, 11) is 0. The van der Waals surface area contributed by atoms with E-state index < -0.39 is 0 Å². The number of hydrogen-bond donors (Lipinski definition) is 0. The third kappa shape index (κ3) is 4.18. The van der Waals surface area contributed by atoms with Gasteiger partial charge in [-0.3, -0.25) is 4.79 Å². The molecule has 1 aromatic heterocycles. The van der Waals surface area contributed by atoms with E-state index in [1.54, 1.807) is 24.3 Å². The fourth-order valence-corrected chi connectivity index (χ4v) is 1.89. The maximum atomic E-state index is 12.0. The van der Waals surface area contributed by atoms with Gasteiger partial charge in [-0.15, -0.1) is 0 Å². The summed E-state index contributed by atoms with van der Waals surface area (Å²) in [5.41, 5.74) is 2.65. The Kier molecular flexibility index (Phi) is 4.85. The molecule has 0 atom stereocenters. The second-order valence-corrected chi connectivity index (χ2v) is 4.75. The molecule has 2 aromatic rings. The molecule has 0 aliphatic carbocycles. The van der Waals surface area contributed by atoms with Crippen LogP contribution in [0.25, 0.3) is 6.08 Å². The summed E-state index contributed by atoms with van der Waals surface area (Å²) >= 11 is 5.76. The molecule has 1 heterocycles. The molecule has 0 N–H and O–H groups in total. The Hall–Kier alpha value is -2.19. The van der Waals surface area contributed by atoms with Crippen LogP contribution in [0.3, 0.4) is 0 Å². The molecule has 100 valence electrons. The van der Waals surface area contributed by atoms with Crippen LogP contribution >= 0.6 is 11.6 Å². The predicted molar refractivity (Wildman–Crippen MR) is 82.8 cm³/mol. The highest BCUT2D eigenvalue weighted by atomic mass is 35.5. The van der Waals surface area contributed by atoms with Crippen molar-refractivity contribution in [1.82, 2.24) is 4.98 Å². The van der Waals surface area contributed by atoms with E-state index in [0.717, 1.165) is 11.1 Å². The van der Waals surface area contributed by atoms with Crippen molar-refractivity contribution in [3.05, 3.63) is 82.7 Å². The van der Waals surface area contributed by atoms with Gasteiger partial charge < -0.3 is 0 Å². The average Bonchev–Trinajstić information content (AvgIpc) is 2.46. The standard InChI is InChI=1S/C17H14ClNO/c1-13(11-14-5-3-2-4-6-14)7-8-16(20)15-9-10-19-17(18)12-15/h2-12H,1H3. The highest BCUT2D eigenvalue weighted by molar-refractivity contribution is 6.29. The van der Waals surface area contributed by atoms with Crippen LogP contribution in [0, 0.1) is 0 Å². The van der Waals surface area contributed by atoms with Gasteiger partial charge in [0, 0.05) is 11.8 Å². The minimum Gasteiger partial charge on any atom is -0.289 e. The van der Waals surface area contributed by atoms with Crippen molar-refractivity contribution >= 4 is 23.5 Å².